The number of carbonyl (C=O) groups is 2. The van der Waals surface area contributed by atoms with Crippen LogP contribution in [0.4, 0.5) is 4.79 Å². The van der Waals surface area contributed by atoms with Gasteiger partial charge in [-0.2, -0.15) is 0 Å². The Hall–Kier alpha value is -2.12. The van der Waals surface area contributed by atoms with Gasteiger partial charge in [0.15, 0.2) is 5.82 Å². The molecule has 0 aromatic carbocycles. The summed E-state index contributed by atoms with van der Waals surface area (Å²) in [7, 11) is 1.77. The SMILES string of the molecule is CC(NC(=O)NCc1nncn1C)C(C)C(=O)O. The number of carboxylic acids is 1. The second-order valence-corrected chi connectivity index (χ2v) is 4.10. The van der Waals surface area contributed by atoms with Crippen molar-refractivity contribution in [1.29, 1.82) is 0 Å². The topological polar surface area (TPSA) is 109 Å². The van der Waals surface area contributed by atoms with E-state index in [1.165, 1.54) is 13.3 Å². The molecule has 100 valence electrons. The first-order valence-corrected chi connectivity index (χ1v) is 5.52. The molecule has 2 unspecified atom stereocenters. The molecule has 1 heterocycles. The summed E-state index contributed by atoms with van der Waals surface area (Å²) in [4.78, 5) is 22.2. The number of aryl methyl sites for hydroxylation is 1. The number of amides is 2. The summed E-state index contributed by atoms with van der Waals surface area (Å²) in [5.41, 5.74) is 0. The van der Waals surface area contributed by atoms with E-state index in [-0.39, 0.29) is 6.54 Å². The maximum Gasteiger partial charge on any atom is 0.315 e. The van der Waals surface area contributed by atoms with Gasteiger partial charge in [0, 0.05) is 13.1 Å². The molecular weight excluding hydrogens is 238 g/mol. The molecule has 1 aromatic heterocycles. The van der Waals surface area contributed by atoms with Gasteiger partial charge in [0.05, 0.1) is 12.5 Å². The molecule has 0 saturated heterocycles. The summed E-state index contributed by atoms with van der Waals surface area (Å²) >= 11 is 0. The van der Waals surface area contributed by atoms with Crippen molar-refractivity contribution < 1.29 is 14.7 Å². The van der Waals surface area contributed by atoms with E-state index in [0.29, 0.717) is 5.82 Å². The van der Waals surface area contributed by atoms with Crippen molar-refractivity contribution in [3.05, 3.63) is 12.2 Å². The summed E-state index contributed by atoms with van der Waals surface area (Å²) < 4.78 is 1.68. The van der Waals surface area contributed by atoms with Crippen molar-refractivity contribution >= 4 is 12.0 Å². The van der Waals surface area contributed by atoms with Crippen molar-refractivity contribution in [2.45, 2.75) is 26.4 Å². The van der Waals surface area contributed by atoms with E-state index in [9.17, 15) is 9.59 Å². The maximum atomic E-state index is 11.5. The number of carbonyl (C=O) groups excluding carboxylic acids is 1. The van der Waals surface area contributed by atoms with Crippen LogP contribution in [0, 0.1) is 5.92 Å². The average molecular weight is 255 g/mol. The molecule has 2 atom stereocenters. The fourth-order valence-corrected chi connectivity index (χ4v) is 1.22. The molecular formula is C10H17N5O3. The third-order valence-corrected chi connectivity index (χ3v) is 2.71. The van der Waals surface area contributed by atoms with Crippen LogP contribution in [0.15, 0.2) is 6.33 Å². The molecule has 0 fully saturated rings. The van der Waals surface area contributed by atoms with Crippen LogP contribution in [0.1, 0.15) is 19.7 Å². The van der Waals surface area contributed by atoms with Gasteiger partial charge < -0.3 is 20.3 Å². The summed E-state index contributed by atoms with van der Waals surface area (Å²) in [6.07, 6.45) is 1.53. The van der Waals surface area contributed by atoms with E-state index in [2.05, 4.69) is 20.8 Å². The highest BCUT2D eigenvalue weighted by atomic mass is 16.4. The lowest BCUT2D eigenvalue weighted by molar-refractivity contribution is -0.141. The molecule has 2 amide bonds. The monoisotopic (exact) mass is 255 g/mol. The van der Waals surface area contributed by atoms with Crippen LogP contribution in [0.25, 0.3) is 0 Å². The second-order valence-electron chi connectivity index (χ2n) is 4.10. The van der Waals surface area contributed by atoms with E-state index in [1.54, 1.807) is 18.5 Å². The largest absolute Gasteiger partial charge is 0.481 e. The zero-order valence-electron chi connectivity index (χ0n) is 10.5. The molecule has 3 N–H and O–H groups in total. The molecule has 1 aromatic rings. The first kappa shape index (κ1) is 13.9. The Labute approximate surface area is 104 Å². The molecule has 1 rings (SSSR count). The number of nitrogens with one attached hydrogen (secondary N) is 2. The van der Waals surface area contributed by atoms with Gasteiger partial charge >= 0.3 is 12.0 Å². The molecule has 0 radical (unpaired) electrons. The standard InChI is InChI=1S/C10H17N5O3/c1-6(9(16)17)7(2)13-10(18)11-4-8-14-12-5-15(8)3/h5-7H,4H2,1-3H3,(H,16,17)(H2,11,13,18). The lowest BCUT2D eigenvalue weighted by Crippen LogP contribution is -2.45. The Kier molecular flexibility index (Phi) is 4.64. The molecule has 0 aliphatic carbocycles. The van der Waals surface area contributed by atoms with Crippen LogP contribution in [-0.2, 0) is 18.4 Å². The lowest BCUT2D eigenvalue weighted by atomic mass is 10.0. The van der Waals surface area contributed by atoms with Gasteiger partial charge in [-0.3, -0.25) is 4.79 Å². The number of carboxylic acid groups (broad SMARTS) is 1. The third-order valence-electron chi connectivity index (χ3n) is 2.71. The summed E-state index contributed by atoms with van der Waals surface area (Å²) in [5, 5.41) is 21.4. The zero-order valence-corrected chi connectivity index (χ0v) is 10.5. The third kappa shape index (κ3) is 3.72. The number of urea groups is 1. The smallest absolute Gasteiger partial charge is 0.315 e. The van der Waals surface area contributed by atoms with Crippen molar-refractivity contribution in [1.82, 2.24) is 25.4 Å². The van der Waals surface area contributed by atoms with Crippen molar-refractivity contribution in [2.75, 3.05) is 0 Å². The highest BCUT2D eigenvalue weighted by Gasteiger charge is 2.20. The number of hydrogen-bond donors (Lipinski definition) is 3. The second kappa shape index (κ2) is 5.99. The molecule has 18 heavy (non-hydrogen) atoms. The Morgan fingerprint density at radius 3 is 2.67 bits per heavy atom. The van der Waals surface area contributed by atoms with Crippen LogP contribution in [0.2, 0.25) is 0 Å². The summed E-state index contributed by atoms with van der Waals surface area (Å²) in [6, 6.07) is -0.888. The minimum absolute atomic E-state index is 0.233. The van der Waals surface area contributed by atoms with E-state index >= 15 is 0 Å². The molecule has 8 nitrogen and oxygen atoms in total. The molecule has 0 bridgehead atoms. The minimum Gasteiger partial charge on any atom is -0.481 e. The van der Waals surface area contributed by atoms with E-state index in [0.717, 1.165) is 0 Å². The van der Waals surface area contributed by atoms with Gasteiger partial charge in [0.25, 0.3) is 0 Å². The normalized spacial score (nSPS) is 13.7. The average Bonchev–Trinajstić information content (AvgIpc) is 2.71. The first-order valence-electron chi connectivity index (χ1n) is 5.52. The highest BCUT2D eigenvalue weighted by Crippen LogP contribution is 2.01. The van der Waals surface area contributed by atoms with Gasteiger partial charge in [0.1, 0.15) is 6.33 Å². The summed E-state index contributed by atoms with van der Waals surface area (Å²) in [6.45, 7) is 3.41. The fourth-order valence-electron chi connectivity index (χ4n) is 1.22. The van der Waals surface area contributed by atoms with Crippen LogP contribution < -0.4 is 10.6 Å². The van der Waals surface area contributed by atoms with E-state index in [1.807, 2.05) is 0 Å². The minimum atomic E-state index is -0.948. The Morgan fingerprint density at radius 1 is 1.50 bits per heavy atom. The molecule has 0 saturated carbocycles. The molecule has 8 heteroatoms. The number of rotatable bonds is 5. The van der Waals surface area contributed by atoms with Gasteiger partial charge in [-0.15, -0.1) is 10.2 Å². The molecule has 0 aliphatic heterocycles. The molecule has 0 aliphatic rings. The van der Waals surface area contributed by atoms with E-state index in [4.69, 9.17) is 5.11 Å². The predicted octanol–water partition coefficient (Wildman–Crippen LogP) is -0.277. The van der Waals surface area contributed by atoms with Gasteiger partial charge in [0.2, 0.25) is 0 Å². The van der Waals surface area contributed by atoms with Crippen molar-refractivity contribution in [3.8, 4) is 0 Å². The first-order chi connectivity index (χ1) is 8.41. The Balaban J connectivity index is 2.38. The van der Waals surface area contributed by atoms with Gasteiger partial charge in [-0.05, 0) is 13.8 Å². The van der Waals surface area contributed by atoms with Crippen LogP contribution in [-0.4, -0.2) is 37.9 Å². The van der Waals surface area contributed by atoms with Crippen LogP contribution in [0.3, 0.4) is 0 Å². The number of nitrogens with zero attached hydrogens (tertiary/aromatic N) is 3. The molecule has 0 spiro atoms. The summed E-state index contributed by atoms with van der Waals surface area (Å²) in [5.74, 6) is -0.981. The van der Waals surface area contributed by atoms with Gasteiger partial charge in [-0.1, -0.05) is 0 Å². The zero-order chi connectivity index (χ0) is 13.7. The number of aliphatic carboxylic acids is 1. The number of aromatic nitrogens is 3. The maximum absolute atomic E-state index is 11.5. The fraction of sp³-hybridized carbons (Fsp3) is 0.600. The Morgan fingerprint density at radius 2 is 2.17 bits per heavy atom. The lowest BCUT2D eigenvalue weighted by Gasteiger charge is -2.17. The van der Waals surface area contributed by atoms with E-state index < -0.39 is 24.0 Å². The quantitative estimate of drug-likeness (QED) is 0.670. The van der Waals surface area contributed by atoms with Gasteiger partial charge in [-0.25, -0.2) is 4.79 Å². The number of hydrogen-bond acceptors (Lipinski definition) is 4. The Bertz CT molecular complexity index is 431. The van der Waals surface area contributed by atoms with Crippen LogP contribution in [0.5, 0.6) is 0 Å². The van der Waals surface area contributed by atoms with Crippen molar-refractivity contribution in [2.24, 2.45) is 13.0 Å². The predicted molar refractivity (Wildman–Crippen MR) is 62.6 cm³/mol. The highest BCUT2D eigenvalue weighted by molar-refractivity contribution is 5.76. The van der Waals surface area contributed by atoms with Crippen molar-refractivity contribution in [3.63, 3.8) is 0 Å². The van der Waals surface area contributed by atoms with Crippen LogP contribution >= 0.6 is 0 Å².